The number of anilines is 1. The number of hydrogen-bond donors (Lipinski definition) is 1. The van der Waals surface area contributed by atoms with E-state index in [9.17, 15) is 0 Å². The zero-order valence-electron chi connectivity index (χ0n) is 13.1. The standard InChI is InChI=1S/C17H28N2O/c1-4-18-14(3)16-8-6-7-9-17(16)19-12-10-15(11-13-19)20-5-2/h6-9,14-15,18H,4-5,10-13H2,1-3H3. The van der Waals surface area contributed by atoms with Crippen molar-refractivity contribution >= 4 is 5.69 Å². The Kier molecular flexibility index (Phi) is 5.86. The molecule has 0 spiro atoms. The number of rotatable bonds is 6. The van der Waals surface area contributed by atoms with Gasteiger partial charge in [-0.05, 0) is 44.9 Å². The first-order valence-corrected chi connectivity index (χ1v) is 7.95. The van der Waals surface area contributed by atoms with Crippen LogP contribution in [0.5, 0.6) is 0 Å². The molecule has 0 radical (unpaired) electrons. The van der Waals surface area contributed by atoms with Gasteiger partial charge >= 0.3 is 0 Å². The van der Waals surface area contributed by atoms with Gasteiger partial charge < -0.3 is 15.0 Å². The Morgan fingerprint density at radius 1 is 1.25 bits per heavy atom. The van der Waals surface area contributed by atoms with E-state index in [0.29, 0.717) is 12.1 Å². The Balaban J connectivity index is 2.06. The summed E-state index contributed by atoms with van der Waals surface area (Å²) >= 11 is 0. The number of benzene rings is 1. The molecule has 0 bridgehead atoms. The lowest BCUT2D eigenvalue weighted by molar-refractivity contribution is 0.0459. The van der Waals surface area contributed by atoms with Crippen LogP contribution in [-0.4, -0.2) is 32.3 Å². The maximum absolute atomic E-state index is 5.74. The Hall–Kier alpha value is -1.06. The highest BCUT2D eigenvalue weighted by atomic mass is 16.5. The van der Waals surface area contributed by atoms with Gasteiger partial charge in [-0.1, -0.05) is 25.1 Å². The average Bonchev–Trinajstić information content (AvgIpc) is 2.49. The second-order valence-electron chi connectivity index (χ2n) is 5.48. The highest BCUT2D eigenvalue weighted by Crippen LogP contribution is 2.29. The molecule has 1 aliphatic heterocycles. The smallest absolute Gasteiger partial charge is 0.0608 e. The molecule has 0 aliphatic carbocycles. The minimum atomic E-state index is 0.404. The third-order valence-electron chi connectivity index (χ3n) is 4.10. The molecule has 0 aromatic heterocycles. The maximum Gasteiger partial charge on any atom is 0.0608 e. The molecule has 3 heteroatoms. The molecule has 20 heavy (non-hydrogen) atoms. The highest BCUT2D eigenvalue weighted by molar-refractivity contribution is 5.55. The summed E-state index contributed by atoms with van der Waals surface area (Å²) < 4.78 is 5.74. The molecule has 2 rings (SSSR count). The fourth-order valence-corrected chi connectivity index (χ4v) is 3.06. The van der Waals surface area contributed by atoms with Crippen molar-refractivity contribution in [3.63, 3.8) is 0 Å². The Labute approximate surface area is 123 Å². The molecule has 112 valence electrons. The summed E-state index contributed by atoms with van der Waals surface area (Å²) in [5, 5.41) is 3.52. The summed E-state index contributed by atoms with van der Waals surface area (Å²) in [7, 11) is 0. The van der Waals surface area contributed by atoms with Crippen molar-refractivity contribution < 1.29 is 4.74 Å². The third-order valence-corrected chi connectivity index (χ3v) is 4.10. The molecule has 1 atom stereocenters. The lowest BCUT2D eigenvalue weighted by atomic mass is 10.0. The predicted molar refractivity (Wildman–Crippen MR) is 85.4 cm³/mol. The summed E-state index contributed by atoms with van der Waals surface area (Å²) in [5.74, 6) is 0. The molecular weight excluding hydrogens is 248 g/mol. The number of nitrogens with zero attached hydrogens (tertiary/aromatic N) is 1. The number of hydrogen-bond acceptors (Lipinski definition) is 3. The molecule has 1 fully saturated rings. The van der Waals surface area contributed by atoms with Crippen LogP contribution >= 0.6 is 0 Å². The molecule has 1 aromatic rings. The van der Waals surface area contributed by atoms with E-state index in [1.54, 1.807) is 0 Å². The molecular formula is C17H28N2O. The van der Waals surface area contributed by atoms with Gasteiger partial charge in [-0.25, -0.2) is 0 Å². The summed E-state index contributed by atoms with van der Waals surface area (Å²) in [6, 6.07) is 9.19. The van der Waals surface area contributed by atoms with Crippen molar-refractivity contribution in [2.75, 3.05) is 31.1 Å². The lowest BCUT2D eigenvalue weighted by Crippen LogP contribution is -2.38. The molecule has 0 saturated carbocycles. The second-order valence-corrected chi connectivity index (χ2v) is 5.48. The molecule has 1 aliphatic rings. The number of ether oxygens (including phenoxy) is 1. The van der Waals surface area contributed by atoms with Gasteiger partial charge in [0, 0.05) is 31.4 Å². The summed E-state index contributed by atoms with van der Waals surface area (Å²) in [5.41, 5.74) is 2.79. The monoisotopic (exact) mass is 276 g/mol. The first-order valence-electron chi connectivity index (χ1n) is 7.95. The molecule has 1 N–H and O–H groups in total. The molecule has 1 saturated heterocycles. The zero-order chi connectivity index (χ0) is 14.4. The molecule has 0 amide bonds. The highest BCUT2D eigenvalue weighted by Gasteiger charge is 2.22. The number of piperidine rings is 1. The van der Waals surface area contributed by atoms with E-state index in [-0.39, 0.29) is 0 Å². The zero-order valence-corrected chi connectivity index (χ0v) is 13.1. The van der Waals surface area contributed by atoms with Crippen LogP contribution in [0.2, 0.25) is 0 Å². The average molecular weight is 276 g/mol. The minimum absolute atomic E-state index is 0.404. The Morgan fingerprint density at radius 3 is 2.60 bits per heavy atom. The van der Waals surface area contributed by atoms with Gasteiger partial charge in [0.05, 0.1) is 6.10 Å². The quantitative estimate of drug-likeness (QED) is 0.862. The van der Waals surface area contributed by atoms with Crippen molar-refractivity contribution in [2.45, 2.75) is 45.8 Å². The van der Waals surface area contributed by atoms with Gasteiger partial charge in [0.15, 0.2) is 0 Å². The summed E-state index contributed by atoms with van der Waals surface area (Å²) in [6.07, 6.45) is 2.73. The van der Waals surface area contributed by atoms with E-state index in [1.807, 2.05) is 0 Å². The third kappa shape index (κ3) is 3.74. The first-order chi connectivity index (χ1) is 9.76. The second kappa shape index (κ2) is 7.65. The van der Waals surface area contributed by atoms with E-state index in [4.69, 9.17) is 4.74 Å². The fourth-order valence-electron chi connectivity index (χ4n) is 3.06. The van der Waals surface area contributed by atoms with Crippen molar-refractivity contribution in [1.29, 1.82) is 0 Å². The normalized spacial score (nSPS) is 18.2. The van der Waals surface area contributed by atoms with Gasteiger partial charge in [0.25, 0.3) is 0 Å². The van der Waals surface area contributed by atoms with Gasteiger partial charge in [0.2, 0.25) is 0 Å². The number of nitrogens with one attached hydrogen (secondary N) is 1. The van der Waals surface area contributed by atoms with Gasteiger partial charge in [0.1, 0.15) is 0 Å². The summed E-state index contributed by atoms with van der Waals surface area (Å²) in [4.78, 5) is 2.51. The molecule has 1 unspecified atom stereocenters. The molecule has 1 aromatic carbocycles. The van der Waals surface area contributed by atoms with Crippen LogP contribution in [0.15, 0.2) is 24.3 Å². The van der Waals surface area contributed by atoms with Crippen molar-refractivity contribution in [3.05, 3.63) is 29.8 Å². The summed E-state index contributed by atoms with van der Waals surface area (Å²) in [6.45, 7) is 10.5. The van der Waals surface area contributed by atoms with Crippen molar-refractivity contribution in [1.82, 2.24) is 5.32 Å². The van der Waals surface area contributed by atoms with Gasteiger partial charge in [-0.15, -0.1) is 0 Å². The van der Waals surface area contributed by atoms with E-state index in [2.05, 4.69) is 55.3 Å². The van der Waals surface area contributed by atoms with Crippen LogP contribution in [0.3, 0.4) is 0 Å². The van der Waals surface area contributed by atoms with Crippen LogP contribution in [0.4, 0.5) is 5.69 Å². The van der Waals surface area contributed by atoms with E-state index in [1.165, 1.54) is 11.3 Å². The van der Waals surface area contributed by atoms with Crippen molar-refractivity contribution in [2.24, 2.45) is 0 Å². The molecule has 1 heterocycles. The predicted octanol–water partition coefficient (Wildman–Crippen LogP) is 3.36. The van der Waals surface area contributed by atoms with Crippen molar-refractivity contribution in [3.8, 4) is 0 Å². The fraction of sp³-hybridized carbons (Fsp3) is 0.647. The first kappa shape index (κ1) is 15.3. The van der Waals surface area contributed by atoms with Gasteiger partial charge in [-0.3, -0.25) is 0 Å². The van der Waals surface area contributed by atoms with Crippen LogP contribution in [0.25, 0.3) is 0 Å². The van der Waals surface area contributed by atoms with Crippen LogP contribution in [0.1, 0.15) is 45.2 Å². The van der Waals surface area contributed by atoms with E-state index in [0.717, 1.165) is 39.1 Å². The van der Waals surface area contributed by atoms with Crippen LogP contribution < -0.4 is 10.2 Å². The minimum Gasteiger partial charge on any atom is -0.378 e. The Morgan fingerprint density at radius 2 is 1.95 bits per heavy atom. The lowest BCUT2D eigenvalue weighted by Gasteiger charge is -2.35. The van der Waals surface area contributed by atoms with Crippen LogP contribution in [0, 0.1) is 0 Å². The maximum atomic E-state index is 5.74. The number of para-hydroxylation sites is 1. The largest absolute Gasteiger partial charge is 0.378 e. The van der Waals surface area contributed by atoms with Crippen LogP contribution in [-0.2, 0) is 4.74 Å². The topological polar surface area (TPSA) is 24.5 Å². The van der Waals surface area contributed by atoms with E-state index < -0.39 is 0 Å². The van der Waals surface area contributed by atoms with E-state index >= 15 is 0 Å². The Bertz CT molecular complexity index is 400. The SMILES string of the molecule is CCNC(C)c1ccccc1N1CCC(OCC)CC1. The van der Waals surface area contributed by atoms with Gasteiger partial charge in [-0.2, -0.15) is 0 Å². The molecule has 3 nitrogen and oxygen atoms in total.